The van der Waals surface area contributed by atoms with Crippen LogP contribution in [0.25, 0.3) is 0 Å². The van der Waals surface area contributed by atoms with Gasteiger partial charge < -0.3 is 4.90 Å². The molecular formula is C14H15BrF3N5O. The van der Waals surface area contributed by atoms with Crippen LogP contribution in [0.3, 0.4) is 0 Å². The molecule has 1 atom stereocenters. The van der Waals surface area contributed by atoms with Crippen LogP contribution in [0.5, 0.6) is 0 Å². The second kappa shape index (κ2) is 6.23. The predicted octanol–water partition coefficient (Wildman–Crippen LogP) is 2.60. The number of hydrogen-bond acceptors (Lipinski definition) is 4. The molecule has 0 saturated carbocycles. The van der Waals surface area contributed by atoms with Gasteiger partial charge in [-0.05, 0) is 34.8 Å². The fourth-order valence-corrected chi connectivity index (χ4v) is 3.41. The number of aromatic nitrogens is 4. The lowest BCUT2D eigenvalue weighted by atomic mass is 10.1. The van der Waals surface area contributed by atoms with Crippen molar-refractivity contribution in [2.24, 2.45) is 7.05 Å². The molecule has 1 saturated heterocycles. The zero-order valence-corrected chi connectivity index (χ0v) is 14.4. The van der Waals surface area contributed by atoms with Crippen LogP contribution in [-0.4, -0.2) is 32.7 Å². The molecule has 1 aliphatic heterocycles. The highest BCUT2D eigenvalue weighted by Gasteiger charge is 2.34. The van der Waals surface area contributed by atoms with E-state index in [4.69, 9.17) is 0 Å². The minimum atomic E-state index is -4.45. The molecule has 24 heavy (non-hydrogen) atoms. The smallest absolute Gasteiger partial charge is 0.367 e. The summed E-state index contributed by atoms with van der Waals surface area (Å²) in [4.78, 5) is 13.9. The van der Waals surface area contributed by atoms with Gasteiger partial charge in [-0.15, -0.1) is 0 Å². The Kier molecular flexibility index (Phi) is 4.41. The molecule has 0 radical (unpaired) electrons. The molecule has 1 aliphatic rings. The summed E-state index contributed by atoms with van der Waals surface area (Å²) in [6.07, 6.45) is 0.00346. The average molecular weight is 406 g/mol. The largest absolute Gasteiger partial charge is 0.435 e. The molecular weight excluding hydrogens is 391 g/mol. The molecule has 0 bridgehead atoms. The lowest BCUT2D eigenvalue weighted by molar-refractivity contribution is -0.141. The molecule has 2 aromatic rings. The summed E-state index contributed by atoms with van der Waals surface area (Å²) in [5.41, 5.74) is -0.505. The minimum absolute atomic E-state index is 0.189. The molecule has 0 aliphatic carbocycles. The first-order valence-electron chi connectivity index (χ1n) is 7.36. The third kappa shape index (κ3) is 3.19. The van der Waals surface area contributed by atoms with Gasteiger partial charge in [0.2, 0.25) is 0 Å². The van der Waals surface area contributed by atoms with E-state index in [1.165, 1.54) is 15.6 Å². The number of piperidine rings is 1. The number of nitrogens with zero attached hydrogens (tertiary/aromatic N) is 5. The first-order chi connectivity index (χ1) is 11.3. The lowest BCUT2D eigenvalue weighted by Crippen LogP contribution is -2.38. The van der Waals surface area contributed by atoms with Gasteiger partial charge in [0.15, 0.2) is 5.69 Å². The summed E-state index contributed by atoms with van der Waals surface area (Å²) < 4.78 is 41.1. The van der Waals surface area contributed by atoms with Crippen LogP contribution in [0.15, 0.2) is 27.7 Å². The molecule has 1 unspecified atom stereocenters. The van der Waals surface area contributed by atoms with Gasteiger partial charge in [-0.2, -0.15) is 23.4 Å². The summed E-state index contributed by atoms with van der Waals surface area (Å²) in [6, 6.07) is 0.792. The molecule has 0 N–H and O–H groups in total. The molecule has 0 spiro atoms. The molecule has 0 amide bonds. The van der Waals surface area contributed by atoms with Crippen LogP contribution in [0.4, 0.5) is 18.9 Å². The Labute approximate surface area is 144 Å². The Morgan fingerprint density at radius 1 is 1.38 bits per heavy atom. The Hall–Kier alpha value is -1.84. The van der Waals surface area contributed by atoms with Crippen LogP contribution < -0.4 is 10.5 Å². The van der Waals surface area contributed by atoms with E-state index in [1.54, 1.807) is 13.2 Å². The normalized spacial score (nSPS) is 18.9. The highest BCUT2D eigenvalue weighted by molar-refractivity contribution is 9.10. The zero-order chi connectivity index (χ0) is 17.5. The second-order valence-corrected chi connectivity index (χ2v) is 6.49. The van der Waals surface area contributed by atoms with Gasteiger partial charge in [0, 0.05) is 26.3 Å². The van der Waals surface area contributed by atoms with Gasteiger partial charge in [0.1, 0.15) is 4.47 Å². The van der Waals surface area contributed by atoms with Crippen LogP contribution in [0.1, 0.15) is 24.6 Å². The van der Waals surface area contributed by atoms with E-state index in [2.05, 4.69) is 26.1 Å². The van der Waals surface area contributed by atoms with E-state index in [0.717, 1.165) is 18.9 Å². The van der Waals surface area contributed by atoms with Crippen molar-refractivity contribution in [1.29, 1.82) is 0 Å². The highest BCUT2D eigenvalue weighted by Crippen LogP contribution is 2.31. The van der Waals surface area contributed by atoms with Gasteiger partial charge in [-0.3, -0.25) is 9.48 Å². The summed E-state index contributed by atoms with van der Waals surface area (Å²) in [7, 11) is 1.55. The predicted molar refractivity (Wildman–Crippen MR) is 84.9 cm³/mol. The standard InChI is InChI=1S/C14H15BrF3N5O/c1-21-13(24)12(15)10(7-19-21)22-5-2-3-9(8-22)23-6-4-11(20-23)14(16,17)18/h4,6-7,9H,2-3,5,8H2,1H3. The minimum Gasteiger partial charge on any atom is -0.367 e. The number of halogens is 4. The first kappa shape index (κ1) is 17.0. The Bertz CT molecular complexity index is 800. The summed E-state index contributed by atoms with van der Waals surface area (Å²) >= 11 is 3.29. The van der Waals surface area contributed by atoms with Crippen molar-refractivity contribution in [2.45, 2.75) is 25.1 Å². The molecule has 130 valence electrons. The van der Waals surface area contributed by atoms with E-state index < -0.39 is 11.9 Å². The molecule has 6 nitrogen and oxygen atoms in total. The van der Waals surface area contributed by atoms with Crippen molar-refractivity contribution in [3.63, 3.8) is 0 Å². The molecule has 0 aromatic carbocycles. The van der Waals surface area contributed by atoms with E-state index in [-0.39, 0.29) is 11.6 Å². The van der Waals surface area contributed by atoms with E-state index in [0.29, 0.717) is 23.2 Å². The molecule has 3 rings (SSSR count). The summed E-state index contributed by atoms with van der Waals surface area (Å²) in [5, 5.41) is 7.67. The maximum absolute atomic E-state index is 12.7. The molecule has 1 fully saturated rings. The number of hydrogen-bond donors (Lipinski definition) is 0. The third-order valence-electron chi connectivity index (χ3n) is 4.07. The Balaban J connectivity index is 1.84. The van der Waals surface area contributed by atoms with Crippen molar-refractivity contribution in [3.05, 3.63) is 39.0 Å². The topological polar surface area (TPSA) is 56.0 Å². The maximum atomic E-state index is 12.7. The number of rotatable bonds is 2. The van der Waals surface area contributed by atoms with Gasteiger partial charge in [0.25, 0.3) is 5.56 Å². The lowest BCUT2D eigenvalue weighted by Gasteiger charge is -2.34. The maximum Gasteiger partial charge on any atom is 0.435 e. The van der Waals surface area contributed by atoms with Crippen LogP contribution in [-0.2, 0) is 13.2 Å². The Morgan fingerprint density at radius 2 is 2.12 bits per heavy atom. The van der Waals surface area contributed by atoms with E-state index in [1.807, 2.05) is 4.90 Å². The monoisotopic (exact) mass is 405 g/mol. The van der Waals surface area contributed by atoms with Crippen molar-refractivity contribution < 1.29 is 13.2 Å². The van der Waals surface area contributed by atoms with Gasteiger partial charge in [-0.1, -0.05) is 0 Å². The van der Waals surface area contributed by atoms with Crippen molar-refractivity contribution in [1.82, 2.24) is 19.6 Å². The highest BCUT2D eigenvalue weighted by atomic mass is 79.9. The third-order valence-corrected chi connectivity index (χ3v) is 4.82. The molecule has 3 heterocycles. The van der Waals surface area contributed by atoms with Crippen LogP contribution in [0.2, 0.25) is 0 Å². The quantitative estimate of drug-likeness (QED) is 0.770. The van der Waals surface area contributed by atoms with Gasteiger partial charge >= 0.3 is 6.18 Å². The first-order valence-corrected chi connectivity index (χ1v) is 8.16. The van der Waals surface area contributed by atoms with Crippen molar-refractivity contribution >= 4 is 21.6 Å². The molecule has 2 aromatic heterocycles. The average Bonchev–Trinajstić information content (AvgIpc) is 3.03. The number of anilines is 1. The van der Waals surface area contributed by atoms with Gasteiger partial charge in [-0.25, -0.2) is 4.68 Å². The van der Waals surface area contributed by atoms with Crippen LogP contribution in [0, 0.1) is 0 Å². The second-order valence-electron chi connectivity index (χ2n) is 5.69. The number of aryl methyl sites for hydroxylation is 1. The summed E-state index contributed by atoms with van der Waals surface area (Å²) in [6.45, 7) is 1.17. The Morgan fingerprint density at radius 3 is 2.79 bits per heavy atom. The van der Waals surface area contributed by atoms with Gasteiger partial charge in [0.05, 0.1) is 17.9 Å². The summed E-state index contributed by atoms with van der Waals surface area (Å²) in [5.74, 6) is 0. The van der Waals surface area contributed by atoms with Crippen LogP contribution >= 0.6 is 15.9 Å². The van der Waals surface area contributed by atoms with Crippen molar-refractivity contribution in [2.75, 3.05) is 18.0 Å². The van der Waals surface area contributed by atoms with E-state index in [9.17, 15) is 18.0 Å². The molecule has 10 heteroatoms. The number of alkyl halides is 3. The zero-order valence-electron chi connectivity index (χ0n) is 12.8. The fourth-order valence-electron chi connectivity index (χ4n) is 2.80. The SMILES string of the molecule is Cn1ncc(N2CCCC(n3ccc(C(F)(F)F)n3)C2)c(Br)c1=O. The van der Waals surface area contributed by atoms with E-state index >= 15 is 0 Å². The fraction of sp³-hybridized carbons (Fsp3) is 0.500. The van der Waals surface area contributed by atoms with Crippen molar-refractivity contribution in [3.8, 4) is 0 Å².